The first-order valence-corrected chi connectivity index (χ1v) is 9.61. The number of carbonyl (C=O) groups is 1. The molecule has 1 spiro atoms. The fourth-order valence-electron chi connectivity index (χ4n) is 3.96. The minimum Gasteiger partial charge on any atom is -0.334 e. The van der Waals surface area contributed by atoms with Gasteiger partial charge < -0.3 is 10.2 Å². The monoisotopic (exact) mass is 341 g/mol. The number of rotatable bonds is 5. The quantitative estimate of drug-likeness (QED) is 0.909. The molecular formula is C19H23N3OS. The highest BCUT2D eigenvalue weighted by atomic mass is 32.1. The van der Waals surface area contributed by atoms with Gasteiger partial charge in [-0.05, 0) is 71.8 Å². The van der Waals surface area contributed by atoms with E-state index in [9.17, 15) is 4.79 Å². The number of nitrogens with zero attached hydrogens (tertiary/aromatic N) is 2. The topological polar surface area (TPSA) is 45.2 Å². The van der Waals surface area contributed by atoms with Crippen LogP contribution in [0.5, 0.6) is 0 Å². The molecule has 1 N–H and O–H groups in total. The second-order valence-corrected chi connectivity index (χ2v) is 7.80. The third kappa shape index (κ3) is 3.23. The van der Waals surface area contributed by atoms with Gasteiger partial charge >= 0.3 is 0 Å². The van der Waals surface area contributed by atoms with E-state index in [1.807, 2.05) is 12.1 Å². The summed E-state index contributed by atoms with van der Waals surface area (Å²) in [6.07, 6.45) is 7.55. The Morgan fingerprint density at radius 2 is 2.21 bits per heavy atom. The number of amides is 1. The van der Waals surface area contributed by atoms with Gasteiger partial charge in [-0.3, -0.25) is 9.78 Å². The lowest BCUT2D eigenvalue weighted by Crippen LogP contribution is -2.39. The first-order chi connectivity index (χ1) is 11.8. The summed E-state index contributed by atoms with van der Waals surface area (Å²) in [4.78, 5) is 19.3. The van der Waals surface area contributed by atoms with E-state index >= 15 is 0 Å². The molecule has 2 fully saturated rings. The van der Waals surface area contributed by atoms with Crippen molar-refractivity contribution >= 4 is 17.2 Å². The number of thiophene rings is 1. The van der Waals surface area contributed by atoms with Crippen LogP contribution in [0, 0.1) is 5.41 Å². The first-order valence-electron chi connectivity index (χ1n) is 8.67. The molecule has 3 heterocycles. The van der Waals surface area contributed by atoms with Crippen LogP contribution in [0.3, 0.4) is 0 Å². The highest BCUT2D eigenvalue weighted by Gasteiger charge is 2.57. The number of hydrogen-bond acceptors (Lipinski definition) is 4. The van der Waals surface area contributed by atoms with Crippen LogP contribution in [0.2, 0.25) is 0 Å². The number of nitrogens with one attached hydrogen (secondary N) is 1. The molecule has 0 bridgehead atoms. The number of hydrogen-bond donors (Lipinski definition) is 1. The zero-order valence-corrected chi connectivity index (χ0v) is 14.6. The lowest BCUT2D eigenvalue weighted by Gasteiger charge is -2.29. The summed E-state index contributed by atoms with van der Waals surface area (Å²) in [6, 6.07) is 6.42. The van der Waals surface area contributed by atoms with Crippen LogP contribution in [0.25, 0.3) is 0 Å². The van der Waals surface area contributed by atoms with Crippen LogP contribution in [0.15, 0.2) is 41.4 Å². The summed E-state index contributed by atoms with van der Waals surface area (Å²) in [6.45, 7) is 2.90. The fraction of sp³-hybridized carbons (Fsp3) is 0.474. The molecule has 4 rings (SSSR count). The molecule has 1 aliphatic heterocycles. The smallest absolute Gasteiger partial charge is 0.227 e. The third-order valence-electron chi connectivity index (χ3n) is 5.45. The summed E-state index contributed by atoms with van der Waals surface area (Å²) in [7, 11) is 0. The second-order valence-electron chi connectivity index (χ2n) is 7.02. The van der Waals surface area contributed by atoms with E-state index in [4.69, 9.17) is 0 Å². The van der Waals surface area contributed by atoms with Crippen LogP contribution < -0.4 is 5.32 Å². The zero-order valence-electron chi connectivity index (χ0n) is 13.8. The normalized spacial score (nSPS) is 21.6. The molecule has 1 saturated heterocycles. The molecule has 2 aromatic rings. The van der Waals surface area contributed by atoms with Crippen molar-refractivity contribution < 1.29 is 4.79 Å². The summed E-state index contributed by atoms with van der Waals surface area (Å²) in [5, 5.41) is 7.69. The van der Waals surface area contributed by atoms with Crippen LogP contribution in [-0.4, -0.2) is 34.9 Å². The molecular weight excluding hydrogens is 318 g/mol. The Kier molecular flexibility index (Phi) is 4.37. The van der Waals surface area contributed by atoms with E-state index < -0.39 is 0 Å². The molecule has 2 aliphatic rings. The molecule has 4 nitrogen and oxygen atoms in total. The maximum atomic E-state index is 13.0. The average Bonchev–Trinajstić information content (AvgIpc) is 3.05. The van der Waals surface area contributed by atoms with Gasteiger partial charge in [0.2, 0.25) is 5.91 Å². The molecule has 0 radical (unpaired) electrons. The summed E-state index contributed by atoms with van der Waals surface area (Å²) < 4.78 is 0. The summed E-state index contributed by atoms with van der Waals surface area (Å²) in [5.41, 5.74) is 2.61. The lowest BCUT2D eigenvalue weighted by molar-refractivity contribution is -0.132. The van der Waals surface area contributed by atoms with Crippen LogP contribution >= 0.6 is 11.3 Å². The zero-order chi connectivity index (χ0) is 16.4. The first kappa shape index (κ1) is 15.8. The van der Waals surface area contributed by atoms with E-state index in [2.05, 4.69) is 32.0 Å². The van der Waals surface area contributed by atoms with Crippen molar-refractivity contribution in [3.63, 3.8) is 0 Å². The number of carbonyl (C=O) groups excluding carboxylic acids is 1. The van der Waals surface area contributed by atoms with Gasteiger partial charge in [0.1, 0.15) is 0 Å². The van der Waals surface area contributed by atoms with Crippen molar-refractivity contribution in [2.45, 2.75) is 38.3 Å². The Morgan fingerprint density at radius 1 is 1.33 bits per heavy atom. The van der Waals surface area contributed by atoms with Gasteiger partial charge in [-0.15, -0.1) is 0 Å². The second kappa shape index (κ2) is 6.65. The minimum absolute atomic E-state index is 0.231. The Bertz CT molecular complexity index is 680. The van der Waals surface area contributed by atoms with Crippen molar-refractivity contribution in [1.82, 2.24) is 15.2 Å². The van der Waals surface area contributed by atoms with E-state index in [1.54, 1.807) is 23.7 Å². The SMILES string of the molecule is O=C(Cc1cccnc1)N(Cc1ccsc1)[C@@H]1CC12CCNCC2. The molecule has 1 aliphatic carbocycles. The fourth-order valence-corrected chi connectivity index (χ4v) is 4.62. The van der Waals surface area contributed by atoms with Crippen molar-refractivity contribution in [2.24, 2.45) is 5.41 Å². The molecule has 1 atom stereocenters. The van der Waals surface area contributed by atoms with E-state index in [1.165, 1.54) is 18.4 Å². The molecule has 0 aromatic carbocycles. The van der Waals surface area contributed by atoms with Gasteiger partial charge in [0.15, 0.2) is 0 Å². The maximum absolute atomic E-state index is 13.0. The van der Waals surface area contributed by atoms with Crippen LogP contribution in [-0.2, 0) is 17.8 Å². The molecule has 126 valence electrons. The molecule has 24 heavy (non-hydrogen) atoms. The standard InChI is InChI=1S/C19H23N3OS/c23-18(10-15-2-1-6-21-12-15)22(13-16-3-9-24-14-16)17-11-19(17)4-7-20-8-5-19/h1-3,6,9,12,14,17,20H,4-5,7-8,10-11,13H2/t17-/m1/s1. The van der Waals surface area contributed by atoms with Crippen LogP contribution in [0.4, 0.5) is 0 Å². The van der Waals surface area contributed by atoms with Crippen LogP contribution in [0.1, 0.15) is 30.4 Å². The van der Waals surface area contributed by atoms with Gasteiger partial charge in [-0.1, -0.05) is 6.07 Å². The highest BCUT2D eigenvalue weighted by molar-refractivity contribution is 7.07. The Hall–Kier alpha value is -1.72. The predicted molar refractivity (Wildman–Crippen MR) is 95.8 cm³/mol. The molecule has 1 amide bonds. The van der Waals surface area contributed by atoms with Gasteiger partial charge in [-0.25, -0.2) is 0 Å². The molecule has 0 unspecified atom stereocenters. The number of aromatic nitrogens is 1. The summed E-state index contributed by atoms with van der Waals surface area (Å²) >= 11 is 1.70. The Balaban J connectivity index is 1.51. The third-order valence-corrected chi connectivity index (χ3v) is 6.19. The molecule has 5 heteroatoms. The Labute approximate surface area is 146 Å². The number of pyridine rings is 1. The van der Waals surface area contributed by atoms with Crippen molar-refractivity contribution in [1.29, 1.82) is 0 Å². The Morgan fingerprint density at radius 3 is 2.92 bits per heavy atom. The molecule has 2 aromatic heterocycles. The molecule has 1 saturated carbocycles. The van der Waals surface area contributed by atoms with Crippen molar-refractivity contribution in [3.05, 3.63) is 52.5 Å². The van der Waals surface area contributed by atoms with Gasteiger partial charge in [-0.2, -0.15) is 11.3 Å². The highest BCUT2D eigenvalue weighted by Crippen LogP contribution is 2.56. The maximum Gasteiger partial charge on any atom is 0.227 e. The number of piperidine rings is 1. The summed E-state index contributed by atoms with van der Waals surface area (Å²) in [5.74, 6) is 0.231. The van der Waals surface area contributed by atoms with E-state index in [-0.39, 0.29) is 5.91 Å². The predicted octanol–water partition coefficient (Wildman–Crippen LogP) is 2.86. The van der Waals surface area contributed by atoms with E-state index in [0.717, 1.165) is 31.6 Å². The average molecular weight is 341 g/mol. The minimum atomic E-state index is 0.231. The lowest BCUT2D eigenvalue weighted by atomic mass is 9.93. The van der Waals surface area contributed by atoms with Gasteiger partial charge in [0.05, 0.1) is 6.42 Å². The van der Waals surface area contributed by atoms with Crippen molar-refractivity contribution in [2.75, 3.05) is 13.1 Å². The largest absolute Gasteiger partial charge is 0.334 e. The van der Waals surface area contributed by atoms with Crippen molar-refractivity contribution in [3.8, 4) is 0 Å². The van der Waals surface area contributed by atoms with Gasteiger partial charge in [0, 0.05) is 25.0 Å². The van der Waals surface area contributed by atoms with E-state index in [0.29, 0.717) is 17.9 Å². The van der Waals surface area contributed by atoms with Gasteiger partial charge in [0.25, 0.3) is 0 Å².